The highest BCUT2D eigenvalue weighted by Crippen LogP contribution is 2.31. The molecule has 1 heterocycles. The van der Waals surface area contributed by atoms with Gasteiger partial charge in [-0.15, -0.1) is 0 Å². The maximum absolute atomic E-state index is 13.4. The van der Waals surface area contributed by atoms with Crippen molar-refractivity contribution >= 4 is 10.0 Å². The van der Waals surface area contributed by atoms with E-state index in [1.54, 1.807) is 30.3 Å². The monoisotopic (exact) mass is 545 g/mol. The third-order valence-corrected chi connectivity index (χ3v) is 6.38. The fourth-order valence-corrected chi connectivity index (χ4v) is 4.48. The molecule has 1 aromatic heterocycles. The first-order chi connectivity index (χ1) is 17.5. The first-order valence-corrected chi connectivity index (χ1v) is 12.5. The molecule has 200 valence electrons. The number of ether oxygens (including phenoxy) is 2. The van der Waals surface area contributed by atoms with E-state index in [-0.39, 0.29) is 31.1 Å². The highest BCUT2D eigenvalue weighted by molar-refractivity contribution is 7.89. The van der Waals surface area contributed by atoms with Crippen LogP contribution in [0.2, 0.25) is 0 Å². The number of nitrogens with zero attached hydrogens (tertiary/aromatic N) is 1. The maximum atomic E-state index is 13.4. The van der Waals surface area contributed by atoms with Crippen LogP contribution >= 0.6 is 0 Å². The van der Waals surface area contributed by atoms with Crippen LogP contribution < -0.4 is 20.7 Å². The quantitative estimate of drug-likeness (QED) is 0.252. The number of hydrogen-bond acceptors (Lipinski definition) is 6. The largest absolute Gasteiger partial charge is 0.461 e. The molecule has 3 rings (SSSR count). The highest BCUT2D eigenvalue weighted by atomic mass is 32.2. The molecule has 9 nitrogen and oxygen atoms in total. The molecule has 0 spiro atoms. The van der Waals surface area contributed by atoms with Crippen molar-refractivity contribution in [2.45, 2.75) is 31.7 Å². The summed E-state index contributed by atoms with van der Waals surface area (Å²) in [5.41, 5.74) is -0.584. The Morgan fingerprint density at radius 2 is 1.70 bits per heavy atom. The Hall–Kier alpha value is -3.49. The Balaban J connectivity index is 1.69. The molecule has 0 aliphatic rings. The first-order valence-electron chi connectivity index (χ1n) is 10.8. The van der Waals surface area contributed by atoms with E-state index in [4.69, 9.17) is 4.74 Å². The number of aromatic amines is 1. The van der Waals surface area contributed by atoms with E-state index in [0.29, 0.717) is 5.56 Å². The molecule has 0 saturated heterocycles. The Labute approximate surface area is 208 Å². The number of nitrogens with one attached hydrogen (secondary N) is 2. The Kier molecular flexibility index (Phi) is 9.23. The minimum absolute atomic E-state index is 0.0332. The van der Waals surface area contributed by atoms with Gasteiger partial charge in [0.15, 0.2) is 0 Å². The standard InChI is InChI=1S/C23H23F4N3O6S/c24-21(25)23(26,27)36-18-9-4-8-17(14-18)20(16-6-2-1-3-7-16)29-37(33,34)13-5-12-35-15-30-11-10-19(31)28-22(30)32/h1-4,6-11,14,20-21,29H,5,12-13,15H2,(H,28,31,32). The van der Waals surface area contributed by atoms with Crippen molar-refractivity contribution < 1.29 is 35.5 Å². The molecule has 0 aliphatic carbocycles. The summed E-state index contributed by atoms with van der Waals surface area (Å²) in [6, 6.07) is 13.2. The normalized spacial score (nSPS) is 13.0. The van der Waals surface area contributed by atoms with Gasteiger partial charge in [0.1, 0.15) is 12.5 Å². The Bertz CT molecular complexity index is 1400. The van der Waals surface area contributed by atoms with Crippen LogP contribution in [0.3, 0.4) is 0 Å². The van der Waals surface area contributed by atoms with Crippen molar-refractivity contribution in [2.75, 3.05) is 12.4 Å². The van der Waals surface area contributed by atoms with Crippen LogP contribution in [0.15, 0.2) is 76.4 Å². The zero-order valence-corrected chi connectivity index (χ0v) is 20.0. The molecule has 1 atom stereocenters. The van der Waals surface area contributed by atoms with E-state index in [9.17, 15) is 35.6 Å². The average molecular weight is 546 g/mol. The number of rotatable bonds is 13. The van der Waals surface area contributed by atoms with Gasteiger partial charge in [0, 0.05) is 18.9 Å². The molecule has 1 unspecified atom stereocenters. The number of hydrogen-bond donors (Lipinski definition) is 2. The summed E-state index contributed by atoms with van der Waals surface area (Å²) in [5, 5.41) is 0. The van der Waals surface area contributed by atoms with Crippen molar-refractivity contribution in [3.8, 4) is 5.75 Å². The fourth-order valence-electron chi connectivity index (χ4n) is 3.23. The van der Waals surface area contributed by atoms with Crippen LogP contribution in [-0.2, 0) is 21.5 Å². The summed E-state index contributed by atoms with van der Waals surface area (Å²) in [6.07, 6.45) is -7.50. The summed E-state index contributed by atoms with van der Waals surface area (Å²) < 4.78 is 90.5. The van der Waals surface area contributed by atoms with Gasteiger partial charge in [-0.1, -0.05) is 42.5 Å². The molecular formula is C23H23F4N3O6S. The van der Waals surface area contributed by atoms with Crippen LogP contribution in [0.25, 0.3) is 0 Å². The van der Waals surface area contributed by atoms with Crippen molar-refractivity contribution in [2.24, 2.45) is 0 Å². The molecule has 0 saturated carbocycles. The highest BCUT2D eigenvalue weighted by Gasteiger charge is 2.44. The second kappa shape index (κ2) is 12.2. The van der Waals surface area contributed by atoms with E-state index in [1.807, 2.05) is 0 Å². The fraction of sp³-hybridized carbons (Fsp3) is 0.304. The minimum Gasteiger partial charge on any atom is -0.428 e. The number of H-pyrrole nitrogens is 1. The number of alkyl halides is 4. The zero-order valence-electron chi connectivity index (χ0n) is 19.2. The molecule has 2 N–H and O–H groups in total. The lowest BCUT2D eigenvalue weighted by atomic mass is 9.99. The lowest BCUT2D eigenvalue weighted by molar-refractivity contribution is -0.253. The molecule has 3 aromatic rings. The van der Waals surface area contributed by atoms with Crippen molar-refractivity contribution in [3.05, 3.63) is 98.8 Å². The van der Waals surface area contributed by atoms with Gasteiger partial charge in [-0.3, -0.25) is 14.3 Å². The Morgan fingerprint density at radius 1 is 1.00 bits per heavy atom. The summed E-state index contributed by atoms with van der Waals surface area (Å²) >= 11 is 0. The zero-order chi connectivity index (χ0) is 27.1. The molecule has 14 heteroatoms. The number of benzene rings is 2. The van der Waals surface area contributed by atoms with Crippen LogP contribution in [0, 0.1) is 0 Å². The van der Waals surface area contributed by atoms with E-state index < -0.39 is 45.6 Å². The van der Waals surface area contributed by atoms with Crippen LogP contribution in [0.5, 0.6) is 5.75 Å². The minimum atomic E-state index is -4.72. The summed E-state index contributed by atoms with van der Waals surface area (Å²) in [4.78, 5) is 24.8. The molecule has 2 aromatic carbocycles. The van der Waals surface area contributed by atoms with Gasteiger partial charge in [-0.2, -0.15) is 17.6 Å². The lowest BCUT2D eigenvalue weighted by Crippen LogP contribution is -2.34. The molecule has 0 fully saturated rings. The average Bonchev–Trinajstić information content (AvgIpc) is 2.84. The van der Waals surface area contributed by atoms with Crippen molar-refractivity contribution in [1.82, 2.24) is 14.3 Å². The van der Waals surface area contributed by atoms with Gasteiger partial charge in [0.2, 0.25) is 10.0 Å². The lowest BCUT2D eigenvalue weighted by Gasteiger charge is -2.22. The molecule has 0 bridgehead atoms. The van der Waals surface area contributed by atoms with Gasteiger partial charge in [-0.25, -0.2) is 17.9 Å². The van der Waals surface area contributed by atoms with E-state index in [1.165, 1.54) is 18.3 Å². The van der Waals surface area contributed by atoms with Gasteiger partial charge < -0.3 is 9.47 Å². The van der Waals surface area contributed by atoms with E-state index in [2.05, 4.69) is 14.4 Å². The molecule has 0 radical (unpaired) electrons. The number of sulfonamides is 1. The third-order valence-electron chi connectivity index (χ3n) is 4.96. The van der Waals surface area contributed by atoms with Crippen LogP contribution in [0.4, 0.5) is 17.6 Å². The van der Waals surface area contributed by atoms with E-state index in [0.717, 1.165) is 22.8 Å². The van der Waals surface area contributed by atoms with Gasteiger partial charge in [-0.05, 0) is 29.7 Å². The van der Waals surface area contributed by atoms with Gasteiger partial charge in [0.25, 0.3) is 5.56 Å². The number of halogens is 4. The van der Waals surface area contributed by atoms with Crippen molar-refractivity contribution in [1.29, 1.82) is 0 Å². The predicted octanol–water partition coefficient (Wildman–Crippen LogP) is 2.85. The van der Waals surface area contributed by atoms with Gasteiger partial charge in [0.05, 0.1) is 11.8 Å². The Morgan fingerprint density at radius 3 is 2.38 bits per heavy atom. The number of aromatic nitrogens is 2. The summed E-state index contributed by atoms with van der Waals surface area (Å²) in [7, 11) is -3.95. The van der Waals surface area contributed by atoms with Gasteiger partial charge >= 0.3 is 18.2 Å². The smallest absolute Gasteiger partial charge is 0.428 e. The summed E-state index contributed by atoms with van der Waals surface area (Å²) in [5.74, 6) is -0.940. The SMILES string of the molecule is O=c1ccn(COCCCS(=O)(=O)NC(c2ccccc2)c2cccc(OC(F)(F)C(F)F)c2)c(=O)[nH]1. The molecule has 0 aliphatic heterocycles. The summed E-state index contributed by atoms with van der Waals surface area (Å²) in [6.45, 7) is -0.236. The molecular weight excluding hydrogens is 522 g/mol. The second-order valence-corrected chi connectivity index (χ2v) is 9.66. The maximum Gasteiger partial charge on any atom is 0.461 e. The molecule has 0 amide bonds. The first kappa shape index (κ1) is 28.1. The predicted molar refractivity (Wildman–Crippen MR) is 125 cm³/mol. The van der Waals surface area contributed by atoms with E-state index >= 15 is 0 Å². The van der Waals surface area contributed by atoms with Crippen molar-refractivity contribution in [3.63, 3.8) is 0 Å². The third kappa shape index (κ3) is 8.27. The van der Waals surface area contributed by atoms with Crippen LogP contribution in [0.1, 0.15) is 23.6 Å². The second-order valence-electron chi connectivity index (χ2n) is 7.79. The molecule has 37 heavy (non-hydrogen) atoms. The topological polar surface area (TPSA) is 119 Å². The van der Waals surface area contributed by atoms with Crippen LogP contribution in [-0.4, -0.2) is 42.9 Å².